The Kier molecular flexibility index (Phi) is 5.43. The third-order valence-corrected chi connectivity index (χ3v) is 5.62. The van der Waals surface area contributed by atoms with Crippen molar-refractivity contribution in [3.8, 4) is 0 Å². The van der Waals surface area contributed by atoms with Crippen molar-refractivity contribution in [3.05, 3.63) is 53.6 Å². The number of hydrogen-bond acceptors (Lipinski definition) is 3. The molecule has 0 aromatic heterocycles. The first-order chi connectivity index (χ1) is 12.1. The number of benzene rings is 2. The van der Waals surface area contributed by atoms with Gasteiger partial charge in [-0.25, -0.2) is 0 Å². The van der Waals surface area contributed by atoms with Crippen LogP contribution in [-0.4, -0.2) is 17.1 Å². The van der Waals surface area contributed by atoms with Crippen molar-refractivity contribution >= 4 is 35.0 Å². The fraction of sp³-hybridized carbons (Fsp3) is 0.300. The van der Waals surface area contributed by atoms with Gasteiger partial charge in [0.05, 0.1) is 10.9 Å². The predicted octanol–water partition coefficient (Wildman–Crippen LogP) is 4.25. The molecule has 2 aromatic rings. The van der Waals surface area contributed by atoms with Gasteiger partial charge in [0.2, 0.25) is 11.8 Å². The zero-order chi connectivity index (χ0) is 17.8. The van der Waals surface area contributed by atoms with Crippen molar-refractivity contribution in [2.24, 2.45) is 0 Å². The number of anilines is 2. The summed E-state index contributed by atoms with van der Waals surface area (Å²) in [5, 5.41) is 5.52. The molecule has 2 aromatic carbocycles. The number of amides is 2. The molecule has 0 unspecified atom stereocenters. The first-order valence-corrected chi connectivity index (χ1v) is 9.47. The minimum atomic E-state index is -0.409. The molecule has 2 N–H and O–H groups in total. The summed E-state index contributed by atoms with van der Waals surface area (Å²) in [7, 11) is 0. The van der Waals surface area contributed by atoms with E-state index in [2.05, 4.69) is 24.5 Å². The second-order valence-electron chi connectivity index (χ2n) is 6.00. The van der Waals surface area contributed by atoms with Gasteiger partial charge in [-0.15, -0.1) is 11.8 Å². The van der Waals surface area contributed by atoms with Crippen molar-refractivity contribution < 1.29 is 9.59 Å². The maximum absolute atomic E-state index is 12.6. The fourth-order valence-corrected chi connectivity index (χ4v) is 4.10. The standard InChI is InChI=1S/C20H22N2O2S/c1-3-13-8-7-9-14(4-2)19(13)22-18(23)12-17-20(24)21-15-10-5-6-11-16(15)25-17/h5-11,17H,3-4,12H2,1-2H3,(H,21,24)(H,22,23)/t17-/m0/s1. The second kappa shape index (κ2) is 7.74. The van der Waals surface area contributed by atoms with Crippen LogP contribution in [0.5, 0.6) is 0 Å². The van der Waals surface area contributed by atoms with Crippen molar-refractivity contribution in [3.63, 3.8) is 0 Å². The summed E-state index contributed by atoms with van der Waals surface area (Å²) in [4.78, 5) is 25.9. The maximum atomic E-state index is 12.6. The number of nitrogens with one attached hydrogen (secondary N) is 2. The third kappa shape index (κ3) is 3.87. The van der Waals surface area contributed by atoms with Gasteiger partial charge >= 0.3 is 0 Å². The third-order valence-electron chi connectivity index (χ3n) is 4.34. The van der Waals surface area contributed by atoms with Gasteiger partial charge in [-0.3, -0.25) is 9.59 Å². The molecule has 0 saturated heterocycles. The largest absolute Gasteiger partial charge is 0.326 e. The van der Waals surface area contributed by atoms with Crippen LogP contribution in [0, 0.1) is 0 Å². The molecule has 0 radical (unpaired) electrons. The van der Waals surface area contributed by atoms with E-state index in [9.17, 15) is 9.59 Å². The van der Waals surface area contributed by atoms with Crippen LogP contribution in [0.3, 0.4) is 0 Å². The first-order valence-electron chi connectivity index (χ1n) is 8.59. The number of carbonyl (C=O) groups excluding carboxylic acids is 2. The molecule has 0 spiro atoms. The topological polar surface area (TPSA) is 58.2 Å². The Morgan fingerprint density at radius 3 is 2.44 bits per heavy atom. The van der Waals surface area contributed by atoms with Crippen LogP contribution < -0.4 is 10.6 Å². The van der Waals surface area contributed by atoms with Crippen molar-refractivity contribution in [2.45, 2.75) is 43.3 Å². The number of thioether (sulfide) groups is 1. The first kappa shape index (κ1) is 17.5. The van der Waals surface area contributed by atoms with E-state index in [0.29, 0.717) is 0 Å². The molecule has 2 amide bonds. The van der Waals surface area contributed by atoms with Gasteiger partial charge in [0.1, 0.15) is 0 Å². The van der Waals surface area contributed by atoms with Crippen LogP contribution >= 0.6 is 11.8 Å². The average Bonchev–Trinajstić information content (AvgIpc) is 2.62. The van der Waals surface area contributed by atoms with Gasteiger partial charge in [-0.1, -0.05) is 44.2 Å². The number of fused-ring (bicyclic) bond motifs is 1. The molecular formula is C20H22N2O2S. The molecule has 3 rings (SSSR count). The lowest BCUT2D eigenvalue weighted by Crippen LogP contribution is -2.32. The molecule has 130 valence electrons. The Morgan fingerprint density at radius 1 is 1.08 bits per heavy atom. The van der Waals surface area contributed by atoms with Crippen molar-refractivity contribution in [1.82, 2.24) is 0 Å². The van der Waals surface area contributed by atoms with Crippen LogP contribution in [0.25, 0.3) is 0 Å². The monoisotopic (exact) mass is 354 g/mol. The van der Waals surface area contributed by atoms with E-state index in [1.165, 1.54) is 11.8 Å². The van der Waals surface area contributed by atoms with Crippen LogP contribution in [0.4, 0.5) is 11.4 Å². The number of para-hydroxylation sites is 2. The smallest absolute Gasteiger partial charge is 0.238 e. The van der Waals surface area contributed by atoms with Crippen LogP contribution in [0.15, 0.2) is 47.4 Å². The van der Waals surface area contributed by atoms with Gasteiger partial charge in [0.15, 0.2) is 0 Å². The molecule has 0 fully saturated rings. The van der Waals surface area contributed by atoms with E-state index >= 15 is 0 Å². The van der Waals surface area contributed by atoms with E-state index in [1.807, 2.05) is 42.5 Å². The highest BCUT2D eigenvalue weighted by molar-refractivity contribution is 8.01. The summed E-state index contributed by atoms with van der Waals surface area (Å²) in [5.41, 5.74) is 3.97. The Labute approximate surface area is 152 Å². The van der Waals surface area contributed by atoms with E-state index in [0.717, 1.165) is 40.2 Å². The Balaban J connectivity index is 1.73. The minimum absolute atomic E-state index is 0.113. The Morgan fingerprint density at radius 2 is 1.76 bits per heavy atom. The number of aryl methyl sites for hydroxylation is 2. The van der Waals surface area contributed by atoms with Gasteiger partial charge in [0.25, 0.3) is 0 Å². The zero-order valence-electron chi connectivity index (χ0n) is 14.5. The normalized spacial score (nSPS) is 16.1. The average molecular weight is 354 g/mol. The summed E-state index contributed by atoms with van der Waals surface area (Å²) in [5.74, 6) is -0.235. The highest BCUT2D eigenvalue weighted by atomic mass is 32.2. The zero-order valence-corrected chi connectivity index (χ0v) is 15.3. The molecule has 1 atom stereocenters. The van der Waals surface area contributed by atoms with E-state index in [4.69, 9.17) is 0 Å². The summed E-state index contributed by atoms with van der Waals surface area (Å²) in [6.07, 6.45) is 1.87. The molecule has 1 heterocycles. The summed E-state index contributed by atoms with van der Waals surface area (Å²) >= 11 is 1.45. The number of hydrogen-bond donors (Lipinski definition) is 2. The summed E-state index contributed by atoms with van der Waals surface area (Å²) in [6, 6.07) is 13.8. The maximum Gasteiger partial charge on any atom is 0.238 e. The number of carbonyl (C=O) groups is 2. The summed E-state index contributed by atoms with van der Waals surface area (Å²) < 4.78 is 0. The molecule has 5 heteroatoms. The van der Waals surface area contributed by atoms with Crippen LogP contribution in [0.2, 0.25) is 0 Å². The van der Waals surface area contributed by atoms with Gasteiger partial charge < -0.3 is 10.6 Å². The molecular weight excluding hydrogens is 332 g/mol. The molecule has 4 nitrogen and oxygen atoms in total. The molecule has 0 aliphatic carbocycles. The van der Waals surface area contributed by atoms with Gasteiger partial charge in [-0.05, 0) is 36.1 Å². The lowest BCUT2D eigenvalue weighted by Gasteiger charge is -2.24. The van der Waals surface area contributed by atoms with Crippen molar-refractivity contribution in [2.75, 3.05) is 10.6 Å². The van der Waals surface area contributed by atoms with Crippen molar-refractivity contribution in [1.29, 1.82) is 0 Å². The molecule has 25 heavy (non-hydrogen) atoms. The SMILES string of the molecule is CCc1cccc(CC)c1NC(=O)C[C@@H]1Sc2ccccc2NC1=O. The lowest BCUT2D eigenvalue weighted by molar-refractivity contribution is -0.120. The molecule has 1 aliphatic heterocycles. The van der Waals surface area contributed by atoms with Gasteiger partial charge in [-0.2, -0.15) is 0 Å². The second-order valence-corrected chi connectivity index (χ2v) is 7.25. The van der Waals surface area contributed by atoms with E-state index in [1.54, 1.807) is 0 Å². The highest BCUT2D eigenvalue weighted by Crippen LogP contribution is 2.36. The predicted molar refractivity (Wildman–Crippen MR) is 103 cm³/mol. The van der Waals surface area contributed by atoms with Crippen LogP contribution in [-0.2, 0) is 22.4 Å². The van der Waals surface area contributed by atoms with E-state index in [-0.39, 0.29) is 18.2 Å². The van der Waals surface area contributed by atoms with Crippen LogP contribution in [0.1, 0.15) is 31.4 Å². The van der Waals surface area contributed by atoms with Gasteiger partial charge in [0, 0.05) is 17.0 Å². The Hall–Kier alpha value is -2.27. The highest BCUT2D eigenvalue weighted by Gasteiger charge is 2.29. The molecule has 1 aliphatic rings. The fourth-order valence-electron chi connectivity index (χ4n) is 2.99. The molecule has 0 bridgehead atoms. The molecule has 0 saturated carbocycles. The quantitative estimate of drug-likeness (QED) is 0.844. The lowest BCUT2D eigenvalue weighted by atomic mass is 10.0. The minimum Gasteiger partial charge on any atom is -0.326 e. The Bertz CT molecular complexity index is 782. The number of rotatable bonds is 5. The van der Waals surface area contributed by atoms with E-state index < -0.39 is 5.25 Å². The summed E-state index contributed by atoms with van der Waals surface area (Å²) in [6.45, 7) is 4.15.